The molecule has 1 amide bonds. The molecular formula is C22H24FN3O. The standard InChI is InChI=1S/C22H24FN3O/c23-20-8-5-17(6-9-20)3-2-12-25-14-18-7-10-21(25)16-26(15-18)22(27)19-4-1-11-24-13-19/h1-6,8-9,11,13,18,21H,7,10,12,14-16H2/b3-2+/t18-,21-/m0/s1. The number of rotatable bonds is 4. The monoisotopic (exact) mass is 365 g/mol. The third kappa shape index (κ3) is 4.25. The number of nitrogens with zero attached hydrogens (tertiary/aromatic N) is 3. The van der Waals surface area contributed by atoms with Crippen LogP contribution in [0.2, 0.25) is 0 Å². The highest BCUT2D eigenvalue weighted by Gasteiger charge is 2.36. The van der Waals surface area contributed by atoms with Gasteiger partial charge in [-0.05, 0) is 48.6 Å². The molecule has 4 heterocycles. The zero-order valence-corrected chi connectivity index (χ0v) is 15.3. The van der Waals surface area contributed by atoms with E-state index in [1.54, 1.807) is 24.5 Å². The topological polar surface area (TPSA) is 36.4 Å². The first-order valence-electron chi connectivity index (χ1n) is 9.54. The summed E-state index contributed by atoms with van der Waals surface area (Å²) in [6, 6.07) is 10.6. The minimum absolute atomic E-state index is 0.0868. The average Bonchev–Trinajstić information content (AvgIpc) is 3.01. The lowest BCUT2D eigenvalue weighted by atomic mass is 9.95. The summed E-state index contributed by atoms with van der Waals surface area (Å²) in [5.41, 5.74) is 1.67. The average molecular weight is 365 g/mol. The molecule has 2 bridgehead atoms. The van der Waals surface area contributed by atoms with Crippen LogP contribution in [0.5, 0.6) is 0 Å². The van der Waals surface area contributed by atoms with E-state index in [9.17, 15) is 9.18 Å². The number of carbonyl (C=O) groups is 1. The predicted octanol–water partition coefficient (Wildman–Crippen LogP) is 3.47. The van der Waals surface area contributed by atoms with E-state index in [2.05, 4.69) is 16.0 Å². The highest BCUT2D eigenvalue weighted by molar-refractivity contribution is 5.94. The van der Waals surface area contributed by atoms with Crippen molar-refractivity contribution < 1.29 is 9.18 Å². The first-order valence-corrected chi connectivity index (χ1v) is 9.54. The molecule has 140 valence electrons. The Morgan fingerprint density at radius 3 is 2.78 bits per heavy atom. The number of pyridine rings is 1. The van der Waals surface area contributed by atoms with Gasteiger partial charge in [0.25, 0.3) is 5.91 Å². The number of hydrogen-bond acceptors (Lipinski definition) is 3. The van der Waals surface area contributed by atoms with E-state index < -0.39 is 0 Å². The molecule has 0 aliphatic carbocycles. The van der Waals surface area contributed by atoms with Gasteiger partial charge in [-0.15, -0.1) is 0 Å². The van der Waals surface area contributed by atoms with Crippen molar-refractivity contribution in [2.45, 2.75) is 18.9 Å². The highest BCUT2D eigenvalue weighted by atomic mass is 19.1. The number of carbonyl (C=O) groups excluding carboxylic acids is 1. The number of amides is 1. The Morgan fingerprint density at radius 2 is 2.00 bits per heavy atom. The molecule has 3 aliphatic rings. The molecule has 0 saturated carbocycles. The first kappa shape index (κ1) is 17.9. The van der Waals surface area contributed by atoms with Crippen LogP contribution in [-0.4, -0.2) is 52.9 Å². The second-order valence-corrected chi connectivity index (χ2v) is 7.46. The number of fused-ring (bicyclic) bond motifs is 4. The first-order chi connectivity index (χ1) is 13.2. The summed E-state index contributed by atoms with van der Waals surface area (Å²) in [4.78, 5) is 21.4. The van der Waals surface area contributed by atoms with Gasteiger partial charge >= 0.3 is 0 Å². The minimum Gasteiger partial charge on any atom is -0.337 e. The van der Waals surface area contributed by atoms with E-state index >= 15 is 0 Å². The van der Waals surface area contributed by atoms with Crippen LogP contribution in [0, 0.1) is 11.7 Å². The van der Waals surface area contributed by atoms with Crippen molar-refractivity contribution in [1.82, 2.24) is 14.8 Å². The van der Waals surface area contributed by atoms with Gasteiger partial charge in [0.05, 0.1) is 5.56 Å². The van der Waals surface area contributed by atoms with Crippen molar-refractivity contribution in [2.24, 2.45) is 5.92 Å². The lowest BCUT2D eigenvalue weighted by Gasteiger charge is -2.35. The maximum atomic E-state index is 13.0. The molecule has 0 unspecified atom stereocenters. The zero-order valence-electron chi connectivity index (χ0n) is 15.3. The Morgan fingerprint density at radius 1 is 1.15 bits per heavy atom. The van der Waals surface area contributed by atoms with Crippen LogP contribution in [0.4, 0.5) is 4.39 Å². The number of benzene rings is 1. The molecule has 5 rings (SSSR count). The van der Waals surface area contributed by atoms with Gasteiger partial charge in [-0.25, -0.2) is 4.39 Å². The van der Waals surface area contributed by atoms with E-state index in [0.29, 0.717) is 17.5 Å². The number of aromatic nitrogens is 1. The Kier molecular flexibility index (Phi) is 5.30. The summed E-state index contributed by atoms with van der Waals surface area (Å²) < 4.78 is 13.0. The normalized spacial score (nSPS) is 22.9. The van der Waals surface area contributed by atoms with Gasteiger partial charge < -0.3 is 4.90 Å². The number of halogens is 1. The Labute approximate surface area is 159 Å². The lowest BCUT2D eigenvalue weighted by Crippen LogP contribution is -2.44. The molecule has 27 heavy (non-hydrogen) atoms. The fourth-order valence-electron chi connectivity index (χ4n) is 4.14. The van der Waals surface area contributed by atoms with Crippen molar-refractivity contribution >= 4 is 12.0 Å². The molecule has 2 aromatic rings. The van der Waals surface area contributed by atoms with Gasteiger partial charge in [-0.1, -0.05) is 24.3 Å². The molecule has 0 spiro atoms. The largest absolute Gasteiger partial charge is 0.337 e. The van der Waals surface area contributed by atoms with Crippen molar-refractivity contribution in [3.63, 3.8) is 0 Å². The third-order valence-electron chi connectivity index (χ3n) is 5.54. The SMILES string of the molecule is O=C(c1cccnc1)N1C[C@H]2CC[C@@H](C1)N(C/C=C/c1ccc(F)cc1)C2. The quantitative estimate of drug-likeness (QED) is 0.832. The van der Waals surface area contributed by atoms with Gasteiger partial charge in [0, 0.05) is 44.6 Å². The molecule has 2 atom stereocenters. The Balaban J connectivity index is 1.41. The van der Waals surface area contributed by atoms with Crippen LogP contribution in [-0.2, 0) is 0 Å². The van der Waals surface area contributed by atoms with E-state index in [0.717, 1.165) is 38.2 Å². The Bertz CT molecular complexity index is 806. The smallest absolute Gasteiger partial charge is 0.255 e. The molecular weight excluding hydrogens is 341 g/mol. The summed E-state index contributed by atoms with van der Waals surface area (Å²) in [6.07, 6.45) is 9.83. The summed E-state index contributed by atoms with van der Waals surface area (Å²) in [7, 11) is 0. The second kappa shape index (κ2) is 8.01. The lowest BCUT2D eigenvalue weighted by molar-refractivity contribution is 0.0740. The van der Waals surface area contributed by atoms with Crippen molar-refractivity contribution in [1.29, 1.82) is 0 Å². The van der Waals surface area contributed by atoms with Gasteiger partial charge in [-0.2, -0.15) is 0 Å². The van der Waals surface area contributed by atoms with Crippen LogP contribution in [0.1, 0.15) is 28.8 Å². The fraction of sp³-hybridized carbons (Fsp3) is 0.364. The van der Waals surface area contributed by atoms with Crippen molar-refractivity contribution in [2.75, 3.05) is 26.2 Å². The maximum absolute atomic E-state index is 13.0. The summed E-state index contributed by atoms with van der Waals surface area (Å²) in [5, 5.41) is 0. The highest BCUT2D eigenvalue weighted by Crippen LogP contribution is 2.28. The van der Waals surface area contributed by atoms with Crippen molar-refractivity contribution in [3.05, 3.63) is 71.8 Å². The number of piperidine rings is 1. The molecule has 0 radical (unpaired) electrons. The molecule has 3 saturated heterocycles. The van der Waals surface area contributed by atoms with Crippen molar-refractivity contribution in [3.8, 4) is 0 Å². The zero-order chi connectivity index (χ0) is 18.6. The molecule has 0 N–H and O–H groups in total. The molecule has 3 aliphatic heterocycles. The predicted molar refractivity (Wildman–Crippen MR) is 104 cm³/mol. The second-order valence-electron chi connectivity index (χ2n) is 7.46. The van der Waals surface area contributed by atoms with Gasteiger partial charge in [-0.3, -0.25) is 14.7 Å². The van der Waals surface area contributed by atoms with E-state index in [-0.39, 0.29) is 11.7 Å². The fourth-order valence-corrected chi connectivity index (χ4v) is 4.14. The van der Waals surface area contributed by atoms with Crippen LogP contribution >= 0.6 is 0 Å². The van der Waals surface area contributed by atoms with E-state index in [4.69, 9.17) is 0 Å². The van der Waals surface area contributed by atoms with Gasteiger partial charge in [0.15, 0.2) is 0 Å². The molecule has 4 nitrogen and oxygen atoms in total. The number of hydrogen-bond donors (Lipinski definition) is 0. The summed E-state index contributed by atoms with van der Waals surface area (Å²) in [6.45, 7) is 3.47. The molecule has 1 aromatic carbocycles. The molecule has 5 heteroatoms. The van der Waals surface area contributed by atoms with Crippen LogP contribution in [0.25, 0.3) is 6.08 Å². The van der Waals surface area contributed by atoms with Crippen LogP contribution in [0.3, 0.4) is 0 Å². The minimum atomic E-state index is -0.213. The molecule has 1 aromatic heterocycles. The summed E-state index contributed by atoms with van der Waals surface area (Å²) in [5.74, 6) is 0.391. The third-order valence-corrected chi connectivity index (χ3v) is 5.54. The van der Waals surface area contributed by atoms with Crippen LogP contribution < -0.4 is 0 Å². The van der Waals surface area contributed by atoms with Gasteiger partial charge in [0.2, 0.25) is 0 Å². The van der Waals surface area contributed by atoms with E-state index in [1.165, 1.54) is 18.6 Å². The van der Waals surface area contributed by atoms with Crippen LogP contribution in [0.15, 0.2) is 54.9 Å². The summed E-state index contributed by atoms with van der Waals surface area (Å²) >= 11 is 0. The van der Waals surface area contributed by atoms with E-state index in [1.807, 2.05) is 23.1 Å². The maximum Gasteiger partial charge on any atom is 0.255 e. The van der Waals surface area contributed by atoms with Gasteiger partial charge in [0.1, 0.15) is 5.82 Å². The Hall–Kier alpha value is -2.53. The molecule has 3 fully saturated rings.